The summed E-state index contributed by atoms with van der Waals surface area (Å²) in [4.78, 5) is 11.7. The molecule has 0 aromatic heterocycles. The van der Waals surface area contributed by atoms with E-state index in [1.165, 1.54) is 19.3 Å². The van der Waals surface area contributed by atoms with E-state index in [0.29, 0.717) is 17.2 Å². The fourth-order valence-electron chi connectivity index (χ4n) is 3.59. The highest BCUT2D eigenvalue weighted by atomic mass is 16.2. The third-order valence-electron chi connectivity index (χ3n) is 5.11. The Morgan fingerprint density at radius 3 is 2.50 bits per heavy atom. The van der Waals surface area contributed by atoms with Crippen LogP contribution >= 0.6 is 0 Å². The Labute approximate surface area is 85.4 Å². The van der Waals surface area contributed by atoms with Crippen molar-refractivity contribution in [1.82, 2.24) is 5.32 Å². The van der Waals surface area contributed by atoms with Crippen molar-refractivity contribution in [2.24, 2.45) is 17.3 Å². The average Bonchev–Trinajstić information content (AvgIpc) is 2.93. The van der Waals surface area contributed by atoms with Gasteiger partial charge in [0.2, 0.25) is 5.91 Å². The van der Waals surface area contributed by atoms with Gasteiger partial charge in [-0.05, 0) is 43.4 Å². The van der Waals surface area contributed by atoms with E-state index in [4.69, 9.17) is 0 Å². The van der Waals surface area contributed by atoms with Crippen molar-refractivity contribution < 1.29 is 4.79 Å². The van der Waals surface area contributed by atoms with Gasteiger partial charge in [-0.2, -0.15) is 0 Å². The minimum absolute atomic E-state index is 0.232. The lowest BCUT2D eigenvalue weighted by atomic mass is 9.32. The van der Waals surface area contributed by atoms with Crippen LogP contribution in [0.4, 0.5) is 0 Å². The molecule has 0 aromatic rings. The Morgan fingerprint density at radius 2 is 2.07 bits per heavy atom. The van der Waals surface area contributed by atoms with Crippen molar-refractivity contribution in [2.45, 2.75) is 51.5 Å². The van der Waals surface area contributed by atoms with Gasteiger partial charge in [-0.3, -0.25) is 4.79 Å². The number of rotatable bonds is 3. The van der Waals surface area contributed by atoms with E-state index in [-0.39, 0.29) is 5.54 Å². The number of carbonyl (C=O) groups is 1. The van der Waals surface area contributed by atoms with E-state index in [9.17, 15) is 4.79 Å². The van der Waals surface area contributed by atoms with Gasteiger partial charge in [-0.25, -0.2) is 0 Å². The van der Waals surface area contributed by atoms with E-state index >= 15 is 0 Å². The summed E-state index contributed by atoms with van der Waals surface area (Å²) in [5.74, 6) is 1.43. The molecule has 2 nitrogen and oxygen atoms in total. The molecule has 0 radical (unpaired) electrons. The van der Waals surface area contributed by atoms with Gasteiger partial charge < -0.3 is 5.32 Å². The molecule has 4 aliphatic rings. The van der Waals surface area contributed by atoms with Crippen molar-refractivity contribution in [1.29, 1.82) is 0 Å². The number of carbonyl (C=O) groups excluding carboxylic acids is 1. The quantitative estimate of drug-likeness (QED) is 0.730. The van der Waals surface area contributed by atoms with Gasteiger partial charge in [-0.15, -0.1) is 0 Å². The summed E-state index contributed by atoms with van der Waals surface area (Å²) in [6.07, 6.45) is 6.02. The molecule has 0 spiro atoms. The topological polar surface area (TPSA) is 29.1 Å². The summed E-state index contributed by atoms with van der Waals surface area (Å²) in [7, 11) is 0. The Balaban J connectivity index is 1.63. The molecule has 4 saturated carbocycles. The Hall–Kier alpha value is -0.530. The Kier molecular flexibility index (Phi) is 1.46. The molecule has 1 amide bonds. The van der Waals surface area contributed by atoms with E-state index < -0.39 is 0 Å². The van der Waals surface area contributed by atoms with Gasteiger partial charge in [0.05, 0.1) is 0 Å². The van der Waals surface area contributed by atoms with Gasteiger partial charge >= 0.3 is 0 Å². The van der Waals surface area contributed by atoms with E-state index in [1.807, 2.05) is 0 Å². The van der Waals surface area contributed by atoms with Crippen LogP contribution in [0.5, 0.6) is 0 Å². The van der Waals surface area contributed by atoms with Crippen LogP contribution in [-0.2, 0) is 4.79 Å². The third-order valence-corrected chi connectivity index (χ3v) is 5.11. The van der Waals surface area contributed by atoms with Crippen LogP contribution in [-0.4, -0.2) is 11.4 Å². The Morgan fingerprint density at radius 1 is 1.43 bits per heavy atom. The first-order valence-electron chi connectivity index (χ1n) is 5.94. The van der Waals surface area contributed by atoms with Crippen LogP contribution < -0.4 is 5.32 Å². The maximum absolute atomic E-state index is 11.7. The van der Waals surface area contributed by atoms with E-state index in [1.54, 1.807) is 0 Å². The van der Waals surface area contributed by atoms with Crippen LogP contribution in [0.3, 0.4) is 0 Å². The highest BCUT2D eigenvalue weighted by molar-refractivity contribution is 5.82. The van der Waals surface area contributed by atoms with Gasteiger partial charge in [-0.1, -0.05) is 13.8 Å². The fraction of sp³-hybridized carbons (Fsp3) is 0.917. The monoisotopic (exact) mass is 193 g/mol. The lowest BCUT2D eigenvalue weighted by molar-refractivity contribution is -0.223. The zero-order valence-corrected chi connectivity index (χ0v) is 9.10. The summed E-state index contributed by atoms with van der Waals surface area (Å²) in [5, 5.41) is 3.29. The highest BCUT2D eigenvalue weighted by Gasteiger charge is 2.73. The van der Waals surface area contributed by atoms with Crippen molar-refractivity contribution in [3.63, 3.8) is 0 Å². The first kappa shape index (κ1) is 8.75. The SMILES string of the molecule is CCC12CC(NC(=O)C3CC3)(C1)[C@H]2C. The summed E-state index contributed by atoms with van der Waals surface area (Å²) < 4.78 is 0. The molecular weight excluding hydrogens is 174 g/mol. The standard InChI is InChI=1S/C12H19NO/c1-3-11-6-12(7-11,8(11)2)13-10(14)9-4-5-9/h8-9H,3-7H2,1-2H3,(H,13,14)/t8-,11?,12?/m0/s1. The van der Waals surface area contributed by atoms with Gasteiger partial charge in [0.15, 0.2) is 0 Å². The maximum Gasteiger partial charge on any atom is 0.223 e. The minimum atomic E-state index is 0.232. The molecule has 0 heterocycles. The Bertz CT molecular complexity index is 287. The highest BCUT2D eigenvalue weighted by Crippen LogP contribution is 2.72. The van der Waals surface area contributed by atoms with Crippen molar-refractivity contribution in [2.75, 3.05) is 0 Å². The molecule has 2 bridgehead atoms. The van der Waals surface area contributed by atoms with Gasteiger partial charge in [0.25, 0.3) is 0 Å². The number of nitrogens with one attached hydrogen (secondary N) is 1. The molecule has 1 N–H and O–H groups in total. The zero-order valence-electron chi connectivity index (χ0n) is 9.10. The second-order valence-electron chi connectivity index (χ2n) is 5.71. The maximum atomic E-state index is 11.7. The minimum Gasteiger partial charge on any atom is -0.350 e. The van der Waals surface area contributed by atoms with Crippen molar-refractivity contribution in [3.05, 3.63) is 0 Å². The first-order chi connectivity index (χ1) is 6.62. The molecular formula is C12H19NO. The van der Waals surface area contributed by atoms with Crippen LogP contribution in [0.15, 0.2) is 0 Å². The summed E-state index contributed by atoms with van der Waals surface area (Å²) in [6.45, 7) is 4.59. The molecule has 0 aromatic carbocycles. The molecule has 1 atom stereocenters. The lowest BCUT2D eigenvalue weighted by Crippen LogP contribution is -2.80. The second-order valence-corrected chi connectivity index (χ2v) is 5.71. The van der Waals surface area contributed by atoms with Gasteiger partial charge in [0, 0.05) is 11.5 Å². The lowest BCUT2D eigenvalue weighted by Gasteiger charge is -2.76. The van der Waals surface area contributed by atoms with Crippen LogP contribution in [0.2, 0.25) is 0 Å². The molecule has 0 aliphatic heterocycles. The van der Waals surface area contributed by atoms with Crippen LogP contribution in [0.1, 0.15) is 46.0 Å². The summed E-state index contributed by atoms with van der Waals surface area (Å²) >= 11 is 0. The number of hydrogen-bond donors (Lipinski definition) is 1. The fourth-order valence-corrected chi connectivity index (χ4v) is 3.59. The van der Waals surface area contributed by atoms with Crippen LogP contribution in [0, 0.1) is 17.3 Å². The summed E-state index contributed by atoms with van der Waals surface area (Å²) in [5.41, 5.74) is 0.840. The van der Waals surface area contributed by atoms with Crippen molar-refractivity contribution in [3.8, 4) is 0 Å². The number of amides is 1. The molecule has 78 valence electrons. The molecule has 0 unspecified atom stereocenters. The van der Waals surface area contributed by atoms with Gasteiger partial charge in [0.1, 0.15) is 0 Å². The van der Waals surface area contributed by atoms with Crippen LogP contribution in [0.25, 0.3) is 0 Å². The third kappa shape index (κ3) is 0.850. The molecule has 4 rings (SSSR count). The summed E-state index contributed by atoms with van der Waals surface area (Å²) in [6, 6.07) is 0. The number of hydrogen-bond acceptors (Lipinski definition) is 1. The molecule has 4 aliphatic carbocycles. The largest absolute Gasteiger partial charge is 0.350 e. The predicted octanol–water partition coefficient (Wildman–Crippen LogP) is 2.09. The molecule has 14 heavy (non-hydrogen) atoms. The first-order valence-corrected chi connectivity index (χ1v) is 5.94. The second kappa shape index (κ2) is 2.34. The molecule has 0 saturated heterocycles. The average molecular weight is 193 g/mol. The normalized spacial score (nSPS) is 49.1. The van der Waals surface area contributed by atoms with E-state index in [0.717, 1.165) is 18.8 Å². The predicted molar refractivity (Wildman–Crippen MR) is 54.7 cm³/mol. The van der Waals surface area contributed by atoms with Crippen molar-refractivity contribution >= 4 is 5.91 Å². The zero-order chi connectivity index (χ0) is 9.97. The molecule has 4 fully saturated rings. The van der Waals surface area contributed by atoms with E-state index in [2.05, 4.69) is 19.2 Å². The smallest absolute Gasteiger partial charge is 0.223 e. The molecule has 2 heteroatoms.